The van der Waals surface area contributed by atoms with E-state index in [0.29, 0.717) is 17.7 Å². The van der Waals surface area contributed by atoms with Gasteiger partial charge in [0.2, 0.25) is 5.89 Å². The van der Waals surface area contributed by atoms with Crippen molar-refractivity contribution in [3.8, 4) is 0 Å². The van der Waals surface area contributed by atoms with Gasteiger partial charge >= 0.3 is 0 Å². The lowest BCUT2D eigenvalue weighted by molar-refractivity contribution is 0.372. The van der Waals surface area contributed by atoms with Gasteiger partial charge in [0, 0.05) is 19.5 Å². The van der Waals surface area contributed by atoms with E-state index in [-0.39, 0.29) is 0 Å². The summed E-state index contributed by atoms with van der Waals surface area (Å²) in [5.74, 6) is 1.83. The summed E-state index contributed by atoms with van der Waals surface area (Å²) in [5.41, 5.74) is 1.39. The summed E-state index contributed by atoms with van der Waals surface area (Å²) in [6.45, 7) is 6.35. The van der Waals surface area contributed by atoms with Crippen molar-refractivity contribution >= 4 is 0 Å². The molecule has 19 heavy (non-hydrogen) atoms. The molecule has 0 aliphatic rings. The average Bonchev–Trinajstić information content (AvgIpc) is 2.92. The van der Waals surface area contributed by atoms with Gasteiger partial charge in [-0.05, 0) is 17.4 Å². The molecule has 0 aliphatic carbocycles. The van der Waals surface area contributed by atoms with Gasteiger partial charge in [-0.2, -0.15) is 4.98 Å². The van der Waals surface area contributed by atoms with Gasteiger partial charge in [0.25, 0.3) is 0 Å². The van der Waals surface area contributed by atoms with E-state index in [2.05, 4.69) is 59.6 Å². The van der Waals surface area contributed by atoms with Crippen LogP contribution in [0.5, 0.6) is 0 Å². The monoisotopic (exact) mass is 259 g/mol. The first-order valence-corrected chi connectivity index (χ1v) is 6.78. The maximum absolute atomic E-state index is 4.97. The van der Waals surface area contributed by atoms with Crippen molar-refractivity contribution < 1.29 is 4.52 Å². The lowest BCUT2D eigenvalue weighted by Gasteiger charge is -2.21. The van der Waals surface area contributed by atoms with E-state index in [1.54, 1.807) is 0 Å². The third-order valence-corrected chi connectivity index (χ3v) is 3.32. The highest BCUT2D eigenvalue weighted by atomic mass is 16.5. The zero-order chi connectivity index (χ0) is 13.5. The number of hydrogen-bond acceptors (Lipinski definition) is 4. The van der Waals surface area contributed by atoms with Gasteiger partial charge in [-0.15, -0.1) is 0 Å². The van der Waals surface area contributed by atoms with Crippen molar-refractivity contribution in [2.75, 3.05) is 13.1 Å². The van der Waals surface area contributed by atoms with Gasteiger partial charge in [-0.25, -0.2) is 0 Å². The largest absolute Gasteiger partial charge is 0.340 e. The number of aromatic nitrogens is 2. The van der Waals surface area contributed by atoms with Gasteiger partial charge in [0.15, 0.2) is 6.33 Å². The molecule has 0 saturated heterocycles. The van der Waals surface area contributed by atoms with Crippen molar-refractivity contribution in [1.82, 2.24) is 15.5 Å². The number of rotatable bonds is 7. The summed E-state index contributed by atoms with van der Waals surface area (Å²) in [7, 11) is 0. The Labute approximate surface area is 114 Å². The lowest BCUT2D eigenvalue weighted by Crippen LogP contribution is -2.26. The van der Waals surface area contributed by atoms with E-state index < -0.39 is 0 Å². The molecule has 0 fully saturated rings. The Kier molecular flexibility index (Phi) is 5.10. The second-order valence-electron chi connectivity index (χ2n) is 5.05. The summed E-state index contributed by atoms with van der Waals surface area (Å²) in [4.78, 5) is 4.01. The van der Waals surface area contributed by atoms with Crippen LogP contribution < -0.4 is 5.32 Å². The van der Waals surface area contributed by atoms with Crippen LogP contribution in [0.4, 0.5) is 0 Å². The quantitative estimate of drug-likeness (QED) is 0.777. The molecule has 2 aromatic rings. The third kappa shape index (κ3) is 4.17. The molecule has 1 heterocycles. The maximum atomic E-state index is 4.97. The highest BCUT2D eigenvalue weighted by Gasteiger charge is 2.14. The molecule has 4 nitrogen and oxygen atoms in total. The Morgan fingerprint density at radius 1 is 1.21 bits per heavy atom. The summed E-state index contributed by atoms with van der Waals surface area (Å²) >= 11 is 0. The first-order valence-electron chi connectivity index (χ1n) is 6.78. The third-order valence-electron chi connectivity index (χ3n) is 3.32. The van der Waals surface area contributed by atoms with E-state index in [1.165, 1.54) is 11.9 Å². The maximum Gasteiger partial charge on any atom is 0.227 e. The Balaban J connectivity index is 1.81. The van der Waals surface area contributed by atoms with Crippen LogP contribution in [-0.2, 0) is 6.42 Å². The number of benzene rings is 1. The van der Waals surface area contributed by atoms with Crippen LogP contribution in [0.3, 0.4) is 0 Å². The van der Waals surface area contributed by atoms with Crippen LogP contribution in [0, 0.1) is 5.92 Å². The van der Waals surface area contributed by atoms with Gasteiger partial charge in [0.05, 0.1) is 0 Å². The van der Waals surface area contributed by atoms with Crippen LogP contribution >= 0.6 is 0 Å². The molecule has 0 spiro atoms. The molecule has 1 atom stereocenters. The molecule has 2 rings (SSSR count). The molecule has 0 amide bonds. The molecule has 1 aromatic carbocycles. The Bertz CT molecular complexity index is 454. The smallest absolute Gasteiger partial charge is 0.227 e. The van der Waals surface area contributed by atoms with Gasteiger partial charge in [-0.3, -0.25) is 0 Å². The summed E-state index contributed by atoms with van der Waals surface area (Å²) < 4.78 is 4.97. The van der Waals surface area contributed by atoms with E-state index in [1.807, 2.05) is 0 Å². The fourth-order valence-electron chi connectivity index (χ4n) is 2.20. The van der Waals surface area contributed by atoms with Crippen LogP contribution in [0.25, 0.3) is 0 Å². The van der Waals surface area contributed by atoms with E-state index >= 15 is 0 Å². The topological polar surface area (TPSA) is 51.0 Å². The van der Waals surface area contributed by atoms with Crippen LogP contribution in [0.2, 0.25) is 0 Å². The molecular weight excluding hydrogens is 238 g/mol. The fraction of sp³-hybridized carbons (Fsp3) is 0.467. The Morgan fingerprint density at radius 2 is 2.00 bits per heavy atom. The molecule has 0 saturated carbocycles. The predicted molar refractivity (Wildman–Crippen MR) is 74.9 cm³/mol. The van der Waals surface area contributed by atoms with Gasteiger partial charge in [-0.1, -0.05) is 49.3 Å². The summed E-state index contributed by atoms with van der Waals surface area (Å²) in [5, 5.41) is 7.07. The zero-order valence-corrected chi connectivity index (χ0v) is 11.5. The standard InChI is InChI=1S/C15H21N3O/c1-12(2)14(13-6-4-3-5-7-13)10-16-9-8-15-17-11-18-19-15/h3-7,11-12,14,16H,8-10H2,1-2H3. The Morgan fingerprint density at radius 3 is 2.63 bits per heavy atom. The fourth-order valence-corrected chi connectivity index (χ4v) is 2.20. The molecule has 102 valence electrons. The summed E-state index contributed by atoms with van der Waals surface area (Å²) in [6.07, 6.45) is 2.22. The second kappa shape index (κ2) is 7.04. The van der Waals surface area contributed by atoms with Gasteiger partial charge in [0.1, 0.15) is 0 Å². The van der Waals surface area contributed by atoms with E-state index in [9.17, 15) is 0 Å². The van der Waals surface area contributed by atoms with E-state index in [0.717, 1.165) is 19.5 Å². The lowest BCUT2D eigenvalue weighted by atomic mass is 9.88. The molecule has 0 radical (unpaired) electrons. The molecule has 1 aromatic heterocycles. The number of nitrogens with one attached hydrogen (secondary N) is 1. The van der Waals surface area contributed by atoms with Crippen molar-refractivity contribution in [3.63, 3.8) is 0 Å². The second-order valence-corrected chi connectivity index (χ2v) is 5.05. The van der Waals surface area contributed by atoms with Crippen molar-refractivity contribution in [2.24, 2.45) is 5.92 Å². The van der Waals surface area contributed by atoms with Crippen molar-refractivity contribution in [2.45, 2.75) is 26.2 Å². The van der Waals surface area contributed by atoms with E-state index in [4.69, 9.17) is 4.52 Å². The minimum absolute atomic E-state index is 0.531. The van der Waals surface area contributed by atoms with Crippen LogP contribution in [0.1, 0.15) is 31.2 Å². The minimum Gasteiger partial charge on any atom is -0.340 e. The SMILES string of the molecule is CC(C)C(CNCCc1ncno1)c1ccccc1. The molecule has 0 aliphatic heterocycles. The zero-order valence-electron chi connectivity index (χ0n) is 11.5. The highest BCUT2D eigenvalue weighted by molar-refractivity contribution is 5.20. The number of hydrogen-bond donors (Lipinski definition) is 1. The highest BCUT2D eigenvalue weighted by Crippen LogP contribution is 2.23. The number of nitrogens with zero attached hydrogens (tertiary/aromatic N) is 2. The molecule has 1 N–H and O–H groups in total. The normalized spacial score (nSPS) is 12.8. The van der Waals surface area contributed by atoms with Crippen molar-refractivity contribution in [3.05, 3.63) is 48.1 Å². The van der Waals surface area contributed by atoms with Gasteiger partial charge < -0.3 is 9.84 Å². The minimum atomic E-state index is 0.531. The molecule has 0 bridgehead atoms. The average molecular weight is 259 g/mol. The van der Waals surface area contributed by atoms with Crippen molar-refractivity contribution in [1.29, 1.82) is 0 Å². The molecule has 1 unspecified atom stereocenters. The molecule has 4 heteroatoms. The van der Waals surface area contributed by atoms with Crippen LogP contribution in [-0.4, -0.2) is 23.2 Å². The van der Waals surface area contributed by atoms with Crippen LogP contribution in [0.15, 0.2) is 41.2 Å². The predicted octanol–water partition coefficient (Wildman–Crippen LogP) is 2.64. The summed E-state index contributed by atoms with van der Waals surface area (Å²) in [6, 6.07) is 10.7. The Hall–Kier alpha value is -1.68. The first-order chi connectivity index (χ1) is 9.27. The molecular formula is C15H21N3O. The first kappa shape index (κ1) is 13.7.